The Hall–Kier alpha value is -1.26. The van der Waals surface area contributed by atoms with Gasteiger partial charge in [0, 0.05) is 7.05 Å². The Morgan fingerprint density at radius 1 is 1.53 bits per heavy atom. The van der Waals surface area contributed by atoms with Crippen LogP contribution in [0.3, 0.4) is 0 Å². The molecule has 1 aromatic carbocycles. The Morgan fingerprint density at radius 3 is 2.94 bits per heavy atom. The number of benzene rings is 1. The molecule has 0 fully saturated rings. The first-order chi connectivity index (χ1) is 8.17. The molecule has 1 amide bonds. The highest BCUT2D eigenvalue weighted by Gasteiger charge is 2.13. The number of fused-ring (bicyclic) bond motifs is 1. The molecule has 0 aliphatic rings. The third kappa shape index (κ3) is 2.23. The zero-order valence-corrected chi connectivity index (χ0v) is 10.7. The summed E-state index contributed by atoms with van der Waals surface area (Å²) in [5.41, 5.74) is 1.49. The van der Waals surface area contributed by atoms with Gasteiger partial charge in [0.1, 0.15) is 17.9 Å². The van der Waals surface area contributed by atoms with E-state index in [4.69, 9.17) is 23.2 Å². The molecule has 0 bridgehead atoms. The van der Waals surface area contributed by atoms with Crippen molar-refractivity contribution < 1.29 is 4.79 Å². The van der Waals surface area contributed by atoms with Crippen LogP contribution in [0.5, 0.6) is 0 Å². The summed E-state index contributed by atoms with van der Waals surface area (Å²) in [7, 11) is 1.59. The number of likely N-dealkylation sites (N-methyl/N-ethyl adjacent to an activating group) is 1. The zero-order chi connectivity index (χ0) is 12.4. The number of nitrogens with zero attached hydrogens (tertiary/aromatic N) is 2. The largest absolute Gasteiger partial charge is 0.358 e. The Balaban J connectivity index is 2.58. The lowest BCUT2D eigenvalue weighted by atomic mass is 10.3. The summed E-state index contributed by atoms with van der Waals surface area (Å²) in [5.74, 6) is 0.774. The van der Waals surface area contributed by atoms with Gasteiger partial charge < -0.3 is 9.88 Å². The molecule has 0 aliphatic carbocycles. The van der Waals surface area contributed by atoms with Crippen molar-refractivity contribution in [2.24, 2.45) is 0 Å². The molecule has 17 heavy (non-hydrogen) atoms. The SMILES string of the molecule is CNC(=O)Cn1c(CCl)nc2c(Cl)cccc21. The molecular formula is C11H11Cl2N3O. The molecule has 0 saturated heterocycles. The first kappa shape index (κ1) is 12.2. The standard InChI is InChI=1S/C11H11Cl2N3O/c1-14-10(17)6-16-8-4-2-3-7(13)11(8)15-9(16)5-12/h2-4H,5-6H2,1H3,(H,14,17). The molecule has 0 radical (unpaired) electrons. The molecule has 4 nitrogen and oxygen atoms in total. The van der Waals surface area contributed by atoms with Gasteiger partial charge in [-0.1, -0.05) is 17.7 Å². The molecule has 6 heteroatoms. The smallest absolute Gasteiger partial charge is 0.239 e. The molecule has 90 valence electrons. The number of para-hydroxylation sites is 1. The van der Waals surface area contributed by atoms with Crippen LogP contribution in [0.2, 0.25) is 5.02 Å². The minimum absolute atomic E-state index is 0.101. The summed E-state index contributed by atoms with van der Waals surface area (Å²) in [6.45, 7) is 0.190. The number of carbonyl (C=O) groups is 1. The minimum atomic E-state index is -0.101. The van der Waals surface area contributed by atoms with Crippen LogP contribution < -0.4 is 5.32 Å². The third-order valence-corrected chi connectivity index (χ3v) is 3.05. The second kappa shape index (κ2) is 4.94. The highest BCUT2D eigenvalue weighted by Crippen LogP contribution is 2.24. The number of amides is 1. The average Bonchev–Trinajstić information content (AvgIpc) is 2.69. The Kier molecular flexibility index (Phi) is 3.54. The monoisotopic (exact) mass is 271 g/mol. The van der Waals surface area contributed by atoms with Gasteiger partial charge in [-0.25, -0.2) is 4.98 Å². The number of alkyl halides is 1. The van der Waals surface area contributed by atoms with Crippen molar-refractivity contribution in [1.82, 2.24) is 14.9 Å². The van der Waals surface area contributed by atoms with Crippen molar-refractivity contribution in [3.8, 4) is 0 Å². The molecule has 1 N–H and O–H groups in total. The number of aromatic nitrogens is 2. The van der Waals surface area contributed by atoms with Gasteiger partial charge in [-0.05, 0) is 12.1 Å². The maximum Gasteiger partial charge on any atom is 0.239 e. The van der Waals surface area contributed by atoms with Crippen molar-refractivity contribution in [1.29, 1.82) is 0 Å². The highest BCUT2D eigenvalue weighted by molar-refractivity contribution is 6.35. The van der Waals surface area contributed by atoms with E-state index in [1.807, 2.05) is 12.1 Å². The normalized spacial score (nSPS) is 10.8. The fourth-order valence-electron chi connectivity index (χ4n) is 1.66. The number of imidazole rings is 1. The molecule has 1 heterocycles. The lowest BCUT2D eigenvalue weighted by Crippen LogP contribution is -2.24. The number of hydrogen-bond acceptors (Lipinski definition) is 2. The van der Waals surface area contributed by atoms with Gasteiger partial charge in [-0.15, -0.1) is 11.6 Å². The summed E-state index contributed by atoms with van der Waals surface area (Å²) >= 11 is 11.9. The van der Waals surface area contributed by atoms with E-state index in [9.17, 15) is 4.79 Å². The van der Waals surface area contributed by atoms with Crippen molar-refractivity contribution in [3.63, 3.8) is 0 Å². The number of hydrogen-bond donors (Lipinski definition) is 1. The van der Waals surface area contributed by atoms with E-state index in [0.717, 1.165) is 5.52 Å². The molecule has 2 aromatic rings. The molecule has 0 saturated carbocycles. The summed E-state index contributed by atoms with van der Waals surface area (Å²) in [5, 5.41) is 3.13. The number of carbonyl (C=O) groups excluding carboxylic acids is 1. The van der Waals surface area contributed by atoms with Crippen molar-refractivity contribution in [3.05, 3.63) is 29.0 Å². The number of nitrogens with one attached hydrogen (secondary N) is 1. The van der Waals surface area contributed by atoms with Crippen LogP contribution in [0.4, 0.5) is 0 Å². The van der Waals surface area contributed by atoms with E-state index in [2.05, 4.69) is 10.3 Å². The second-order valence-electron chi connectivity index (χ2n) is 3.53. The first-order valence-electron chi connectivity index (χ1n) is 5.07. The summed E-state index contributed by atoms with van der Waals surface area (Å²) in [6.07, 6.45) is 0. The Labute approximate surface area is 109 Å². The first-order valence-corrected chi connectivity index (χ1v) is 5.98. The van der Waals surface area contributed by atoms with Gasteiger partial charge in [-0.3, -0.25) is 4.79 Å². The quantitative estimate of drug-likeness (QED) is 0.870. The fraction of sp³-hybridized carbons (Fsp3) is 0.273. The van der Waals surface area contributed by atoms with Crippen LogP contribution in [0.25, 0.3) is 11.0 Å². The molecule has 1 aromatic heterocycles. The van der Waals surface area contributed by atoms with E-state index in [-0.39, 0.29) is 18.3 Å². The Bertz CT molecular complexity index is 565. The van der Waals surface area contributed by atoms with E-state index in [0.29, 0.717) is 16.4 Å². The lowest BCUT2D eigenvalue weighted by molar-refractivity contribution is -0.121. The van der Waals surface area contributed by atoms with Crippen LogP contribution in [-0.2, 0) is 17.2 Å². The van der Waals surface area contributed by atoms with Gasteiger partial charge in [-0.2, -0.15) is 0 Å². The molecule has 2 rings (SSSR count). The minimum Gasteiger partial charge on any atom is -0.358 e. The predicted octanol–water partition coefficient (Wildman–Crippen LogP) is 2.17. The topological polar surface area (TPSA) is 46.9 Å². The third-order valence-electron chi connectivity index (χ3n) is 2.51. The van der Waals surface area contributed by atoms with Gasteiger partial charge in [0.25, 0.3) is 0 Å². The maximum atomic E-state index is 11.4. The van der Waals surface area contributed by atoms with E-state index in [1.54, 1.807) is 17.7 Å². The van der Waals surface area contributed by atoms with Gasteiger partial charge in [0.15, 0.2) is 0 Å². The van der Waals surface area contributed by atoms with Crippen LogP contribution in [0.15, 0.2) is 18.2 Å². The number of halogens is 2. The van der Waals surface area contributed by atoms with Crippen molar-refractivity contribution in [2.45, 2.75) is 12.4 Å². The molecule has 0 atom stereocenters. The summed E-state index contributed by atoms with van der Waals surface area (Å²) in [6, 6.07) is 5.46. The Morgan fingerprint density at radius 2 is 2.29 bits per heavy atom. The molecule has 0 spiro atoms. The average molecular weight is 272 g/mol. The molecule has 0 aliphatic heterocycles. The lowest BCUT2D eigenvalue weighted by Gasteiger charge is -2.06. The summed E-state index contributed by atoms with van der Waals surface area (Å²) < 4.78 is 1.77. The predicted molar refractivity (Wildman–Crippen MR) is 68.4 cm³/mol. The van der Waals surface area contributed by atoms with Gasteiger partial charge in [0.05, 0.1) is 16.4 Å². The fourth-order valence-corrected chi connectivity index (χ4v) is 2.08. The maximum absolute atomic E-state index is 11.4. The van der Waals surface area contributed by atoms with Crippen LogP contribution in [-0.4, -0.2) is 22.5 Å². The van der Waals surface area contributed by atoms with E-state index in [1.165, 1.54) is 0 Å². The number of rotatable bonds is 3. The molecular weight excluding hydrogens is 261 g/mol. The van der Waals surface area contributed by atoms with Crippen LogP contribution in [0, 0.1) is 0 Å². The second-order valence-corrected chi connectivity index (χ2v) is 4.20. The van der Waals surface area contributed by atoms with Crippen LogP contribution in [0.1, 0.15) is 5.82 Å². The summed E-state index contributed by atoms with van der Waals surface area (Å²) in [4.78, 5) is 15.8. The van der Waals surface area contributed by atoms with Crippen molar-refractivity contribution in [2.75, 3.05) is 7.05 Å². The van der Waals surface area contributed by atoms with E-state index >= 15 is 0 Å². The van der Waals surface area contributed by atoms with E-state index < -0.39 is 0 Å². The molecule has 0 unspecified atom stereocenters. The van der Waals surface area contributed by atoms with Gasteiger partial charge >= 0.3 is 0 Å². The van der Waals surface area contributed by atoms with Crippen molar-refractivity contribution >= 4 is 40.1 Å². The van der Waals surface area contributed by atoms with Gasteiger partial charge in [0.2, 0.25) is 5.91 Å². The highest BCUT2D eigenvalue weighted by atomic mass is 35.5. The zero-order valence-electron chi connectivity index (χ0n) is 9.20. The van der Waals surface area contributed by atoms with Crippen LogP contribution >= 0.6 is 23.2 Å².